The molecule has 6 heteroatoms. The monoisotopic (exact) mass is 308 g/mol. The van der Waals surface area contributed by atoms with Crippen LogP contribution in [0.1, 0.15) is 13.3 Å². The van der Waals surface area contributed by atoms with E-state index in [1.165, 1.54) is 0 Å². The highest BCUT2D eigenvalue weighted by Gasteiger charge is 2.18. The Balaban J connectivity index is 2.48. The molecule has 114 valence electrons. The van der Waals surface area contributed by atoms with E-state index < -0.39 is 10.0 Å². The van der Waals surface area contributed by atoms with E-state index in [9.17, 15) is 8.42 Å². The van der Waals surface area contributed by atoms with Crippen molar-refractivity contribution in [3.8, 4) is 5.75 Å². The van der Waals surface area contributed by atoms with Crippen LogP contribution < -0.4 is 15.2 Å². The maximum Gasteiger partial charge on any atom is 0.241 e. The van der Waals surface area contributed by atoms with Crippen LogP contribution in [0.4, 0.5) is 0 Å². The predicted octanol–water partition coefficient (Wildman–Crippen LogP) is 1.87. The molecule has 21 heavy (non-hydrogen) atoms. The number of hydrogen-bond donors (Lipinski definition) is 2. The number of nitrogens with two attached hydrogens (primary N) is 1. The smallest absolute Gasteiger partial charge is 0.241 e. The van der Waals surface area contributed by atoms with E-state index in [0.717, 1.165) is 5.39 Å². The van der Waals surface area contributed by atoms with E-state index in [2.05, 4.69) is 4.72 Å². The van der Waals surface area contributed by atoms with Gasteiger partial charge in [-0.1, -0.05) is 24.3 Å². The number of fused-ring (bicyclic) bond motifs is 1. The zero-order valence-electron chi connectivity index (χ0n) is 12.0. The second kappa shape index (κ2) is 6.89. The van der Waals surface area contributed by atoms with Crippen molar-refractivity contribution < 1.29 is 13.2 Å². The number of benzene rings is 2. The lowest BCUT2D eigenvalue weighted by Gasteiger charge is -2.12. The number of sulfonamides is 1. The van der Waals surface area contributed by atoms with Crippen LogP contribution in [0.15, 0.2) is 41.3 Å². The molecule has 0 aliphatic carbocycles. The molecule has 0 aliphatic rings. The summed E-state index contributed by atoms with van der Waals surface area (Å²) >= 11 is 0. The van der Waals surface area contributed by atoms with Gasteiger partial charge >= 0.3 is 0 Å². The summed E-state index contributed by atoms with van der Waals surface area (Å²) in [5.74, 6) is 0.689. The first-order chi connectivity index (χ1) is 10.1. The largest absolute Gasteiger partial charge is 0.493 e. The van der Waals surface area contributed by atoms with Crippen molar-refractivity contribution >= 4 is 20.8 Å². The van der Waals surface area contributed by atoms with Crippen LogP contribution >= 0.6 is 0 Å². The first-order valence-electron chi connectivity index (χ1n) is 6.94. The third kappa shape index (κ3) is 3.53. The molecule has 0 atom stereocenters. The van der Waals surface area contributed by atoms with E-state index in [-0.39, 0.29) is 4.90 Å². The van der Waals surface area contributed by atoms with E-state index in [1.54, 1.807) is 18.2 Å². The minimum absolute atomic E-state index is 0.263. The van der Waals surface area contributed by atoms with Crippen LogP contribution in [0.2, 0.25) is 0 Å². The van der Waals surface area contributed by atoms with E-state index >= 15 is 0 Å². The first-order valence-corrected chi connectivity index (χ1v) is 8.42. The van der Waals surface area contributed by atoms with Gasteiger partial charge in [-0.3, -0.25) is 0 Å². The first kappa shape index (κ1) is 15.8. The molecular formula is C15H20N2O3S. The predicted molar refractivity (Wildman–Crippen MR) is 84.0 cm³/mol. The van der Waals surface area contributed by atoms with Crippen molar-refractivity contribution in [3.05, 3.63) is 36.4 Å². The van der Waals surface area contributed by atoms with Gasteiger partial charge in [0.2, 0.25) is 10.0 Å². The molecule has 5 nitrogen and oxygen atoms in total. The Labute approximate surface area is 125 Å². The number of nitrogens with one attached hydrogen (secondary N) is 1. The highest BCUT2D eigenvalue weighted by molar-refractivity contribution is 7.89. The standard InChI is InChI=1S/C15H20N2O3S/c1-2-20-14-8-9-15(13-7-4-3-6-12(13)14)21(18,19)17-11-5-10-16/h3-4,6-9,17H,2,5,10-11,16H2,1H3. The third-order valence-electron chi connectivity index (χ3n) is 3.11. The van der Waals surface area contributed by atoms with E-state index in [1.807, 2.05) is 25.1 Å². The second-order valence-corrected chi connectivity index (χ2v) is 6.32. The third-order valence-corrected chi connectivity index (χ3v) is 4.63. The maximum absolute atomic E-state index is 12.4. The Hall–Kier alpha value is -1.63. The van der Waals surface area contributed by atoms with Gasteiger partial charge in [0.05, 0.1) is 11.5 Å². The fourth-order valence-electron chi connectivity index (χ4n) is 2.15. The summed E-state index contributed by atoms with van der Waals surface area (Å²) < 4.78 is 32.9. The molecular weight excluding hydrogens is 288 g/mol. The Morgan fingerprint density at radius 3 is 2.52 bits per heavy atom. The molecule has 0 saturated heterocycles. The summed E-state index contributed by atoms with van der Waals surface area (Å²) in [4.78, 5) is 0.263. The number of ether oxygens (including phenoxy) is 1. The molecule has 0 heterocycles. The summed E-state index contributed by atoms with van der Waals surface area (Å²) in [5, 5.41) is 1.45. The summed E-state index contributed by atoms with van der Waals surface area (Å²) in [6, 6.07) is 10.6. The topological polar surface area (TPSA) is 81.4 Å². The van der Waals surface area contributed by atoms with Gasteiger partial charge in [0.1, 0.15) is 5.75 Å². The van der Waals surface area contributed by atoms with Crippen molar-refractivity contribution in [1.29, 1.82) is 0 Å². The molecule has 2 rings (SSSR count). The van der Waals surface area contributed by atoms with Crippen LogP contribution in [0.25, 0.3) is 10.8 Å². The zero-order valence-corrected chi connectivity index (χ0v) is 12.8. The Morgan fingerprint density at radius 1 is 1.14 bits per heavy atom. The molecule has 2 aromatic rings. The molecule has 0 unspecified atom stereocenters. The average Bonchev–Trinajstić information content (AvgIpc) is 2.48. The van der Waals surface area contributed by atoms with Crippen LogP contribution in [0, 0.1) is 0 Å². The van der Waals surface area contributed by atoms with Gasteiger partial charge < -0.3 is 10.5 Å². The van der Waals surface area contributed by atoms with Crippen molar-refractivity contribution in [3.63, 3.8) is 0 Å². The van der Waals surface area contributed by atoms with Gasteiger partial charge in [0.25, 0.3) is 0 Å². The van der Waals surface area contributed by atoms with Gasteiger partial charge in [-0.25, -0.2) is 13.1 Å². The molecule has 0 radical (unpaired) electrons. The lowest BCUT2D eigenvalue weighted by atomic mass is 10.1. The molecule has 0 spiro atoms. The maximum atomic E-state index is 12.4. The quantitative estimate of drug-likeness (QED) is 0.765. The second-order valence-electron chi connectivity index (χ2n) is 4.58. The molecule has 0 saturated carbocycles. The lowest BCUT2D eigenvalue weighted by molar-refractivity contribution is 0.344. The molecule has 0 bridgehead atoms. The van der Waals surface area contributed by atoms with Crippen molar-refractivity contribution in [2.24, 2.45) is 5.73 Å². The zero-order chi connectivity index (χ0) is 15.3. The van der Waals surface area contributed by atoms with Gasteiger partial charge in [-0.05, 0) is 32.0 Å². The molecule has 0 amide bonds. The highest BCUT2D eigenvalue weighted by Crippen LogP contribution is 2.30. The molecule has 0 aromatic heterocycles. The lowest BCUT2D eigenvalue weighted by Crippen LogP contribution is -2.26. The van der Waals surface area contributed by atoms with Crippen LogP contribution in [-0.4, -0.2) is 28.1 Å². The van der Waals surface area contributed by atoms with Crippen molar-refractivity contribution in [1.82, 2.24) is 4.72 Å². The summed E-state index contributed by atoms with van der Waals surface area (Å²) in [7, 11) is -3.55. The van der Waals surface area contributed by atoms with Gasteiger partial charge in [0, 0.05) is 17.3 Å². The summed E-state index contributed by atoms with van der Waals surface area (Å²) in [6.45, 7) is 3.21. The van der Waals surface area contributed by atoms with Crippen LogP contribution in [0.5, 0.6) is 5.75 Å². The SMILES string of the molecule is CCOc1ccc(S(=O)(=O)NCCCN)c2ccccc12. The van der Waals surface area contributed by atoms with Crippen molar-refractivity contribution in [2.45, 2.75) is 18.2 Å². The van der Waals surface area contributed by atoms with Gasteiger partial charge in [-0.15, -0.1) is 0 Å². The molecule has 2 aromatic carbocycles. The average molecular weight is 308 g/mol. The fourth-order valence-corrected chi connectivity index (χ4v) is 3.43. The minimum Gasteiger partial charge on any atom is -0.493 e. The van der Waals surface area contributed by atoms with Gasteiger partial charge in [0.15, 0.2) is 0 Å². The Kier molecular flexibility index (Phi) is 5.17. The Bertz CT molecular complexity index is 714. The summed E-state index contributed by atoms with van der Waals surface area (Å²) in [6.07, 6.45) is 0.605. The fraction of sp³-hybridized carbons (Fsp3) is 0.333. The minimum atomic E-state index is -3.55. The number of rotatable bonds is 7. The number of hydrogen-bond acceptors (Lipinski definition) is 4. The molecule has 0 fully saturated rings. The molecule has 0 aliphatic heterocycles. The summed E-state index contributed by atoms with van der Waals surface area (Å²) in [5.41, 5.74) is 5.39. The highest BCUT2D eigenvalue weighted by atomic mass is 32.2. The van der Waals surface area contributed by atoms with E-state index in [4.69, 9.17) is 10.5 Å². The van der Waals surface area contributed by atoms with E-state index in [0.29, 0.717) is 37.3 Å². The Morgan fingerprint density at radius 2 is 1.86 bits per heavy atom. The normalized spacial score (nSPS) is 11.7. The van der Waals surface area contributed by atoms with Crippen molar-refractivity contribution in [2.75, 3.05) is 19.7 Å². The van der Waals surface area contributed by atoms with Crippen LogP contribution in [0.3, 0.4) is 0 Å². The van der Waals surface area contributed by atoms with Crippen LogP contribution in [-0.2, 0) is 10.0 Å². The molecule has 3 N–H and O–H groups in total. The van der Waals surface area contributed by atoms with Gasteiger partial charge in [-0.2, -0.15) is 0 Å².